The fraction of sp³-hybridized carbons (Fsp3) is 0. The van der Waals surface area contributed by atoms with E-state index in [1.807, 2.05) is 30.3 Å². The van der Waals surface area contributed by atoms with Crippen LogP contribution < -0.4 is 0 Å². The van der Waals surface area contributed by atoms with Gasteiger partial charge in [-0.05, 0) is 51.3 Å². The molecular weight excluding hydrogens is 352 g/mol. The Labute approximate surface area is 162 Å². The number of benzene rings is 4. The molecule has 0 spiro atoms. The number of hydrogen-bond donors (Lipinski definition) is 0. The molecule has 0 aliphatic carbocycles. The zero-order chi connectivity index (χ0) is 18.2. The Morgan fingerprint density at radius 2 is 0.926 bits per heavy atom. The zero-order valence-corrected chi connectivity index (χ0v) is 15.2. The molecule has 128 valence electrons. The number of nitrogens with zero attached hydrogens (tertiary/aromatic N) is 2. The Morgan fingerprint density at radius 3 is 1.41 bits per heavy atom. The van der Waals surface area contributed by atoms with Crippen LogP contribution in [0.25, 0.3) is 44.1 Å². The van der Waals surface area contributed by atoms with Gasteiger partial charge in [0.1, 0.15) is 0 Å². The number of fused-ring (bicyclic) bond motifs is 2. The van der Waals surface area contributed by atoms with Crippen LogP contribution in [-0.4, -0.2) is 9.97 Å². The first-order valence-corrected chi connectivity index (χ1v) is 9.17. The zero-order valence-electron chi connectivity index (χ0n) is 14.4. The second-order valence-corrected chi connectivity index (χ2v) is 6.87. The molecule has 5 aromatic rings. The van der Waals surface area contributed by atoms with Crippen molar-refractivity contribution in [2.75, 3.05) is 0 Å². The summed E-state index contributed by atoms with van der Waals surface area (Å²) >= 11 is 6.26. The molecule has 3 heteroatoms. The van der Waals surface area contributed by atoms with E-state index in [4.69, 9.17) is 11.6 Å². The molecule has 2 nitrogen and oxygen atoms in total. The third kappa shape index (κ3) is 3.05. The molecule has 1 aromatic heterocycles. The normalized spacial score (nSPS) is 11.1. The lowest BCUT2D eigenvalue weighted by atomic mass is 10.0. The minimum Gasteiger partial charge on any atom is -0.218 e. The lowest BCUT2D eigenvalue weighted by molar-refractivity contribution is 1.18. The van der Waals surface area contributed by atoms with Crippen LogP contribution in [0.2, 0.25) is 5.28 Å². The first kappa shape index (κ1) is 16.0. The van der Waals surface area contributed by atoms with Crippen molar-refractivity contribution < 1.29 is 0 Å². The maximum atomic E-state index is 6.26. The first-order chi connectivity index (χ1) is 13.3. The highest BCUT2D eigenvalue weighted by molar-refractivity contribution is 6.28. The molecule has 0 N–H and O–H groups in total. The lowest BCUT2D eigenvalue weighted by Gasteiger charge is -2.08. The van der Waals surface area contributed by atoms with E-state index >= 15 is 0 Å². The van der Waals surface area contributed by atoms with Gasteiger partial charge in [0.2, 0.25) is 5.28 Å². The summed E-state index contributed by atoms with van der Waals surface area (Å²) in [5.41, 5.74) is 3.70. The van der Waals surface area contributed by atoms with Crippen LogP contribution in [0.3, 0.4) is 0 Å². The Kier molecular flexibility index (Phi) is 3.84. The van der Waals surface area contributed by atoms with Crippen molar-refractivity contribution in [2.24, 2.45) is 0 Å². The van der Waals surface area contributed by atoms with Gasteiger partial charge >= 0.3 is 0 Å². The fourth-order valence-corrected chi connectivity index (χ4v) is 3.59. The number of hydrogen-bond acceptors (Lipinski definition) is 2. The quantitative estimate of drug-likeness (QED) is 0.322. The smallest absolute Gasteiger partial charge is 0.218 e. The van der Waals surface area contributed by atoms with Gasteiger partial charge in [-0.1, -0.05) is 72.8 Å². The largest absolute Gasteiger partial charge is 0.223 e. The molecule has 1 heterocycles. The minimum absolute atomic E-state index is 0.254. The second-order valence-electron chi connectivity index (χ2n) is 6.53. The maximum absolute atomic E-state index is 6.26. The Hall–Kier alpha value is -3.23. The van der Waals surface area contributed by atoms with E-state index in [0.29, 0.717) is 0 Å². The molecule has 27 heavy (non-hydrogen) atoms. The van der Waals surface area contributed by atoms with Gasteiger partial charge in [0.05, 0.1) is 11.4 Å². The summed E-state index contributed by atoms with van der Waals surface area (Å²) in [5, 5.41) is 5.02. The van der Waals surface area contributed by atoms with Crippen molar-refractivity contribution in [3.05, 3.63) is 96.3 Å². The Balaban J connectivity index is 1.64. The van der Waals surface area contributed by atoms with Crippen LogP contribution in [0.5, 0.6) is 0 Å². The predicted molar refractivity (Wildman–Crippen MR) is 113 cm³/mol. The van der Waals surface area contributed by atoms with Gasteiger partial charge < -0.3 is 0 Å². The van der Waals surface area contributed by atoms with Gasteiger partial charge in [0.15, 0.2) is 0 Å². The summed E-state index contributed by atoms with van der Waals surface area (Å²) in [4.78, 5) is 8.91. The second kappa shape index (κ2) is 6.49. The highest BCUT2D eigenvalue weighted by atomic mass is 35.5. The van der Waals surface area contributed by atoms with Crippen LogP contribution in [0, 0.1) is 0 Å². The predicted octanol–water partition coefficient (Wildman–Crippen LogP) is 6.77. The number of rotatable bonds is 2. The topological polar surface area (TPSA) is 25.8 Å². The van der Waals surface area contributed by atoms with Gasteiger partial charge in [-0.3, -0.25) is 0 Å². The van der Waals surface area contributed by atoms with Crippen molar-refractivity contribution in [3.8, 4) is 22.5 Å². The molecule has 5 rings (SSSR count). The summed E-state index contributed by atoms with van der Waals surface area (Å²) < 4.78 is 0. The van der Waals surface area contributed by atoms with E-state index in [-0.39, 0.29) is 5.28 Å². The third-order valence-electron chi connectivity index (χ3n) is 4.79. The van der Waals surface area contributed by atoms with E-state index < -0.39 is 0 Å². The lowest BCUT2D eigenvalue weighted by Crippen LogP contribution is -1.92. The third-order valence-corrected chi connectivity index (χ3v) is 4.96. The molecule has 0 amide bonds. The summed E-state index contributed by atoms with van der Waals surface area (Å²) in [7, 11) is 0. The van der Waals surface area contributed by atoms with E-state index in [1.54, 1.807) is 0 Å². The summed E-state index contributed by atoms with van der Waals surface area (Å²) in [6.07, 6.45) is 0. The van der Waals surface area contributed by atoms with Gasteiger partial charge in [0, 0.05) is 11.1 Å². The van der Waals surface area contributed by atoms with Gasteiger partial charge in [-0.25, -0.2) is 9.97 Å². The SMILES string of the molecule is Clc1nc(-c2ccc3ccccc3c2)cc(-c2ccc3ccccc3c2)n1. The van der Waals surface area contributed by atoms with Gasteiger partial charge in [0.25, 0.3) is 0 Å². The molecular formula is C24H15ClN2. The molecule has 0 radical (unpaired) electrons. The monoisotopic (exact) mass is 366 g/mol. The van der Waals surface area contributed by atoms with E-state index in [9.17, 15) is 0 Å². The van der Waals surface area contributed by atoms with E-state index in [1.165, 1.54) is 21.5 Å². The Bertz CT molecular complexity index is 1200. The van der Waals surface area contributed by atoms with Crippen LogP contribution >= 0.6 is 11.6 Å². The highest BCUT2D eigenvalue weighted by Gasteiger charge is 2.09. The van der Waals surface area contributed by atoms with Gasteiger partial charge in [-0.2, -0.15) is 0 Å². The first-order valence-electron chi connectivity index (χ1n) is 8.79. The van der Waals surface area contributed by atoms with Crippen LogP contribution in [0.4, 0.5) is 0 Å². The number of halogens is 1. The van der Waals surface area contributed by atoms with Crippen molar-refractivity contribution in [3.63, 3.8) is 0 Å². The summed E-state index contributed by atoms with van der Waals surface area (Å²) in [5.74, 6) is 0. The molecule has 0 unspecified atom stereocenters. The molecule has 0 fully saturated rings. The average Bonchev–Trinajstić information content (AvgIpc) is 2.72. The molecule has 0 aliphatic rings. The minimum atomic E-state index is 0.254. The fourth-order valence-electron chi connectivity index (χ4n) is 3.41. The summed E-state index contributed by atoms with van der Waals surface area (Å²) in [6.45, 7) is 0. The van der Waals surface area contributed by atoms with Crippen LogP contribution in [0.1, 0.15) is 0 Å². The van der Waals surface area contributed by atoms with Crippen molar-refractivity contribution in [1.82, 2.24) is 9.97 Å². The average molecular weight is 367 g/mol. The van der Waals surface area contributed by atoms with Crippen molar-refractivity contribution in [2.45, 2.75) is 0 Å². The standard InChI is InChI=1S/C24H15ClN2/c25-24-26-22(20-11-9-16-5-1-3-7-18(16)13-20)15-23(27-24)21-12-10-17-6-2-4-8-19(17)14-21/h1-15H. The molecule has 0 saturated carbocycles. The summed E-state index contributed by atoms with van der Waals surface area (Å²) in [6, 6.07) is 31.2. The van der Waals surface area contributed by atoms with Crippen LogP contribution in [-0.2, 0) is 0 Å². The van der Waals surface area contributed by atoms with Crippen molar-refractivity contribution in [1.29, 1.82) is 0 Å². The molecule has 4 aromatic carbocycles. The van der Waals surface area contributed by atoms with E-state index in [0.717, 1.165) is 22.5 Å². The highest BCUT2D eigenvalue weighted by Crippen LogP contribution is 2.29. The number of aromatic nitrogens is 2. The molecule has 0 aliphatic heterocycles. The van der Waals surface area contributed by atoms with Crippen molar-refractivity contribution >= 4 is 33.1 Å². The molecule has 0 bridgehead atoms. The van der Waals surface area contributed by atoms with E-state index in [2.05, 4.69) is 70.6 Å². The molecule has 0 atom stereocenters. The van der Waals surface area contributed by atoms with Crippen LogP contribution in [0.15, 0.2) is 91.0 Å². The molecule has 0 saturated heterocycles. The van der Waals surface area contributed by atoms with Gasteiger partial charge in [-0.15, -0.1) is 0 Å². The Morgan fingerprint density at radius 1 is 0.481 bits per heavy atom. The maximum Gasteiger partial charge on any atom is 0.223 e.